The highest BCUT2D eigenvalue weighted by Crippen LogP contribution is 2.11. The van der Waals surface area contributed by atoms with Gasteiger partial charge in [0.2, 0.25) is 0 Å². The second-order valence-corrected chi connectivity index (χ2v) is 5.09. The van der Waals surface area contributed by atoms with E-state index in [9.17, 15) is 4.79 Å². The van der Waals surface area contributed by atoms with Crippen LogP contribution in [-0.4, -0.2) is 17.7 Å². The van der Waals surface area contributed by atoms with Crippen molar-refractivity contribution in [2.45, 2.75) is 26.6 Å². The summed E-state index contributed by atoms with van der Waals surface area (Å²) in [4.78, 5) is 11.8. The molecule has 0 atom stereocenters. The Bertz CT molecular complexity index is 609. The third-order valence-corrected chi connectivity index (χ3v) is 3.35. The van der Waals surface area contributed by atoms with Crippen LogP contribution in [0.15, 0.2) is 48.5 Å². The summed E-state index contributed by atoms with van der Waals surface area (Å²) in [6.07, 6.45) is 0. The molecule has 0 aliphatic heterocycles. The molecule has 0 unspecified atom stereocenters. The molecule has 0 fully saturated rings. The molecule has 0 bridgehead atoms. The van der Waals surface area contributed by atoms with Gasteiger partial charge in [0, 0.05) is 13.1 Å². The smallest absolute Gasteiger partial charge is 0.315 e. The summed E-state index contributed by atoms with van der Waals surface area (Å²) < 4.78 is 5.38. The fourth-order valence-electron chi connectivity index (χ4n) is 2.06. The minimum Gasteiger partial charge on any atom is -0.494 e. The molecule has 0 spiro atoms. The van der Waals surface area contributed by atoms with Crippen LogP contribution >= 0.6 is 0 Å². The lowest BCUT2D eigenvalue weighted by molar-refractivity contribution is 0.240. The number of hydrogen-bond donors (Lipinski definition) is 3. The third-order valence-electron chi connectivity index (χ3n) is 3.35. The topological polar surface area (TPSA) is 70.6 Å². The number of ether oxygens (including phenoxy) is 1. The largest absolute Gasteiger partial charge is 0.494 e. The highest BCUT2D eigenvalue weighted by atomic mass is 16.5. The molecule has 0 saturated carbocycles. The summed E-state index contributed by atoms with van der Waals surface area (Å²) in [7, 11) is 0. The summed E-state index contributed by atoms with van der Waals surface area (Å²) in [5.74, 6) is 0.826. The molecule has 122 valence electrons. The van der Waals surface area contributed by atoms with Gasteiger partial charge in [-0.15, -0.1) is 0 Å². The average molecular weight is 314 g/mol. The summed E-state index contributed by atoms with van der Waals surface area (Å²) in [6.45, 7) is 3.51. The number of rotatable bonds is 7. The predicted molar refractivity (Wildman–Crippen MR) is 89.1 cm³/mol. The van der Waals surface area contributed by atoms with Gasteiger partial charge in [-0.05, 0) is 35.7 Å². The maximum absolute atomic E-state index is 11.8. The summed E-state index contributed by atoms with van der Waals surface area (Å²) >= 11 is 0. The van der Waals surface area contributed by atoms with E-state index < -0.39 is 0 Å². The minimum absolute atomic E-state index is 0.0241. The normalized spacial score (nSPS) is 10.2. The molecule has 2 aromatic carbocycles. The lowest BCUT2D eigenvalue weighted by Crippen LogP contribution is -2.34. The number of nitrogens with one attached hydrogen (secondary N) is 2. The zero-order valence-electron chi connectivity index (χ0n) is 13.2. The second-order valence-electron chi connectivity index (χ2n) is 5.09. The lowest BCUT2D eigenvalue weighted by Gasteiger charge is -2.09. The van der Waals surface area contributed by atoms with Crippen LogP contribution in [0.2, 0.25) is 0 Å². The van der Waals surface area contributed by atoms with Crippen molar-refractivity contribution < 1.29 is 14.6 Å². The van der Waals surface area contributed by atoms with E-state index in [0.717, 1.165) is 22.4 Å². The molecule has 2 aromatic rings. The van der Waals surface area contributed by atoms with Gasteiger partial charge >= 0.3 is 6.03 Å². The molecule has 0 aliphatic carbocycles. The van der Waals surface area contributed by atoms with Crippen molar-refractivity contribution in [2.75, 3.05) is 6.61 Å². The van der Waals surface area contributed by atoms with Crippen LogP contribution in [0.1, 0.15) is 23.6 Å². The molecule has 0 saturated heterocycles. The first kappa shape index (κ1) is 16.8. The van der Waals surface area contributed by atoms with Crippen LogP contribution in [-0.2, 0) is 19.7 Å². The Kier molecular flexibility index (Phi) is 6.44. The standard InChI is InChI=1S/C18H22N2O3/c1-2-23-17-9-7-15(8-10-17)12-20-18(22)19-11-14-3-5-16(13-21)6-4-14/h3-10,21H,2,11-13H2,1H3,(H2,19,20,22). The molecule has 0 aromatic heterocycles. The van der Waals surface area contributed by atoms with Crippen molar-refractivity contribution in [2.24, 2.45) is 0 Å². The highest BCUT2D eigenvalue weighted by molar-refractivity contribution is 5.73. The minimum atomic E-state index is -0.217. The Morgan fingerprint density at radius 1 is 0.913 bits per heavy atom. The molecule has 23 heavy (non-hydrogen) atoms. The van der Waals surface area contributed by atoms with Crippen molar-refractivity contribution in [1.82, 2.24) is 10.6 Å². The van der Waals surface area contributed by atoms with Gasteiger partial charge in [0.1, 0.15) is 5.75 Å². The van der Waals surface area contributed by atoms with Gasteiger partial charge in [-0.3, -0.25) is 0 Å². The molecule has 0 heterocycles. The monoisotopic (exact) mass is 314 g/mol. The number of hydrogen-bond acceptors (Lipinski definition) is 3. The first-order valence-corrected chi connectivity index (χ1v) is 7.63. The molecular weight excluding hydrogens is 292 g/mol. The van der Waals surface area contributed by atoms with E-state index in [1.54, 1.807) is 0 Å². The number of carbonyl (C=O) groups is 1. The van der Waals surface area contributed by atoms with E-state index in [1.165, 1.54) is 0 Å². The van der Waals surface area contributed by atoms with Crippen LogP contribution in [0.25, 0.3) is 0 Å². The van der Waals surface area contributed by atoms with Crippen molar-refractivity contribution >= 4 is 6.03 Å². The van der Waals surface area contributed by atoms with Crippen molar-refractivity contribution in [3.8, 4) is 5.75 Å². The van der Waals surface area contributed by atoms with E-state index in [2.05, 4.69) is 10.6 Å². The zero-order chi connectivity index (χ0) is 16.5. The molecular formula is C18H22N2O3. The zero-order valence-corrected chi connectivity index (χ0v) is 13.2. The maximum Gasteiger partial charge on any atom is 0.315 e. The Labute approximate surface area is 136 Å². The molecule has 3 N–H and O–H groups in total. The van der Waals surface area contributed by atoms with Crippen molar-refractivity contribution in [3.05, 3.63) is 65.2 Å². The summed E-state index contributed by atoms with van der Waals surface area (Å²) in [6, 6.07) is 14.9. The second kappa shape index (κ2) is 8.80. The summed E-state index contributed by atoms with van der Waals surface area (Å²) in [5.41, 5.74) is 2.85. The number of amides is 2. The highest BCUT2D eigenvalue weighted by Gasteiger charge is 2.01. The first-order valence-electron chi connectivity index (χ1n) is 7.63. The van der Waals surface area contributed by atoms with Crippen LogP contribution in [0.3, 0.4) is 0 Å². The Morgan fingerprint density at radius 3 is 1.87 bits per heavy atom. The molecule has 0 radical (unpaired) electrons. The van der Waals surface area contributed by atoms with Crippen LogP contribution in [0.5, 0.6) is 5.75 Å². The number of benzene rings is 2. The summed E-state index contributed by atoms with van der Waals surface area (Å²) in [5, 5.41) is 14.6. The number of urea groups is 1. The Balaban J connectivity index is 1.73. The Hall–Kier alpha value is -2.53. The molecule has 2 rings (SSSR count). The quantitative estimate of drug-likeness (QED) is 0.735. The molecule has 0 aliphatic rings. The number of aliphatic hydroxyl groups excluding tert-OH is 1. The average Bonchev–Trinajstić information content (AvgIpc) is 2.60. The van der Waals surface area contributed by atoms with Gasteiger partial charge in [-0.2, -0.15) is 0 Å². The van der Waals surface area contributed by atoms with Gasteiger partial charge in [0.25, 0.3) is 0 Å². The van der Waals surface area contributed by atoms with Crippen molar-refractivity contribution in [1.29, 1.82) is 0 Å². The van der Waals surface area contributed by atoms with Gasteiger partial charge in [0.05, 0.1) is 13.2 Å². The van der Waals surface area contributed by atoms with Gasteiger partial charge in [-0.1, -0.05) is 36.4 Å². The Morgan fingerprint density at radius 2 is 1.39 bits per heavy atom. The molecule has 5 heteroatoms. The fourth-order valence-corrected chi connectivity index (χ4v) is 2.06. The molecule has 2 amide bonds. The van der Waals surface area contributed by atoms with Crippen LogP contribution in [0.4, 0.5) is 4.79 Å². The predicted octanol–water partition coefficient (Wildman–Crippen LogP) is 2.58. The van der Waals surface area contributed by atoms with E-state index in [-0.39, 0.29) is 12.6 Å². The molecule has 5 nitrogen and oxygen atoms in total. The first-order chi connectivity index (χ1) is 11.2. The number of aliphatic hydroxyl groups is 1. The van der Waals surface area contributed by atoms with Gasteiger partial charge in [-0.25, -0.2) is 4.79 Å². The van der Waals surface area contributed by atoms with Gasteiger partial charge < -0.3 is 20.5 Å². The van der Waals surface area contributed by atoms with Gasteiger partial charge in [0.15, 0.2) is 0 Å². The SMILES string of the molecule is CCOc1ccc(CNC(=O)NCc2ccc(CO)cc2)cc1. The number of carbonyl (C=O) groups excluding carboxylic acids is 1. The van der Waals surface area contributed by atoms with Crippen LogP contribution in [0, 0.1) is 0 Å². The maximum atomic E-state index is 11.8. The van der Waals surface area contributed by atoms with E-state index >= 15 is 0 Å². The van der Waals surface area contributed by atoms with E-state index in [0.29, 0.717) is 19.7 Å². The van der Waals surface area contributed by atoms with E-state index in [4.69, 9.17) is 9.84 Å². The third kappa shape index (κ3) is 5.64. The fraction of sp³-hybridized carbons (Fsp3) is 0.278. The lowest BCUT2D eigenvalue weighted by atomic mass is 10.1. The van der Waals surface area contributed by atoms with E-state index in [1.807, 2.05) is 55.5 Å². The van der Waals surface area contributed by atoms with Crippen molar-refractivity contribution in [3.63, 3.8) is 0 Å². The van der Waals surface area contributed by atoms with Crippen LogP contribution < -0.4 is 15.4 Å².